The van der Waals surface area contributed by atoms with E-state index in [1.54, 1.807) is 0 Å². The van der Waals surface area contributed by atoms with Crippen LogP contribution >= 0.6 is 0 Å². The second kappa shape index (κ2) is 13.0. The van der Waals surface area contributed by atoms with Crippen molar-refractivity contribution in [1.82, 2.24) is 0 Å². The molecule has 0 bridgehead atoms. The van der Waals surface area contributed by atoms with Crippen LogP contribution in [0.2, 0.25) is 0 Å². The summed E-state index contributed by atoms with van der Waals surface area (Å²) in [5.74, 6) is 1.58. The Balaban J connectivity index is 1.67. The second-order valence-corrected chi connectivity index (χ2v) is 10.3. The highest BCUT2D eigenvalue weighted by Gasteiger charge is 2.36. The second-order valence-electron chi connectivity index (χ2n) is 10.3. The molecule has 5 rings (SSSR count). The average Bonchev–Trinajstić information content (AvgIpc) is 3.27. The van der Waals surface area contributed by atoms with Crippen LogP contribution in [0.25, 0.3) is 22.3 Å². The lowest BCUT2D eigenvalue weighted by molar-refractivity contribution is 0.202. The van der Waals surface area contributed by atoms with Crippen molar-refractivity contribution in [1.29, 1.82) is 0 Å². The zero-order valence-corrected chi connectivity index (χ0v) is 22.5. The third-order valence-electron chi connectivity index (χ3n) is 7.89. The smallest absolute Gasteiger partial charge is 0.127 e. The molecule has 0 aliphatic heterocycles. The number of ether oxygens (including phenoxy) is 2. The van der Waals surface area contributed by atoms with Gasteiger partial charge in [-0.05, 0) is 59.4 Å². The fourth-order valence-electron chi connectivity index (χ4n) is 5.98. The van der Waals surface area contributed by atoms with Crippen LogP contribution in [0.1, 0.15) is 49.7 Å². The summed E-state index contributed by atoms with van der Waals surface area (Å²) in [6.07, 6.45) is 6.98. The lowest BCUT2D eigenvalue weighted by atomic mass is 9.68. The van der Waals surface area contributed by atoms with E-state index in [0.717, 1.165) is 46.6 Å². The summed E-state index contributed by atoms with van der Waals surface area (Å²) in [6.45, 7) is 0.486. The first kappa shape index (κ1) is 27.0. The third kappa shape index (κ3) is 6.03. The molecule has 0 saturated heterocycles. The largest absolute Gasteiger partial charge is 0.491 e. The van der Waals surface area contributed by atoms with Crippen LogP contribution in [0.3, 0.4) is 0 Å². The molecule has 1 aliphatic carbocycles. The van der Waals surface area contributed by atoms with Crippen molar-refractivity contribution in [2.75, 3.05) is 26.4 Å². The molecule has 39 heavy (non-hydrogen) atoms. The topological polar surface area (TPSA) is 58.9 Å². The number of aliphatic hydroxyl groups is 2. The molecular formula is C35H38O4. The Morgan fingerprint density at radius 3 is 1.38 bits per heavy atom. The molecule has 0 amide bonds. The normalized spacial score (nSPS) is 14.9. The predicted octanol–water partition coefficient (Wildman–Crippen LogP) is 7.40. The number of benzene rings is 4. The lowest BCUT2D eigenvalue weighted by Crippen LogP contribution is -2.27. The van der Waals surface area contributed by atoms with E-state index in [2.05, 4.69) is 84.9 Å². The molecule has 1 fully saturated rings. The van der Waals surface area contributed by atoms with E-state index in [0.29, 0.717) is 0 Å². The van der Waals surface area contributed by atoms with Gasteiger partial charge in [-0.1, -0.05) is 98.5 Å². The summed E-state index contributed by atoms with van der Waals surface area (Å²) in [4.78, 5) is 0. The predicted molar refractivity (Wildman–Crippen MR) is 157 cm³/mol. The molecule has 0 aromatic heterocycles. The summed E-state index contributed by atoms with van der Waals surface area (Å²) in [6, 6.07) is 34.0. The van der Waals surface area contributed by atoms with Gasteiger partial charge in [0.1, 0.15) is 24.7 Å². The summed E-state index contributed by atoms with van der Waals surface area (Å²) in [5.41, 5.74) is 6.76. The average molecular weight is 523 g/mol. The number of aliphatic hydroxyl groups excluding tert-OH is 2. The highest BCUT2D eigenvalue weighted by molar-refractivity contribution is 5.74. The van der Waals surface area contributed by atoms with Crippen molar-refractivity contribution < 1.29 is 19.7 Å². The molecule has 202 valence electrons. The van der Waals surface area contributed by atoms with Gasteiger partial charge >= 0.3 is 0 Å². The molecule has 4 aromatic carbocycles. The van der Waals surface area contributed by atoms with E-state index in [1.807, 2.05) is 12.1 Å². The van der Waals surface area contributed by atoms with Gasteiger partial charge in [0.15, 0.2) is 0 Å². The van der Waals surface area contributed by atoms with Gasteiger partial charge < -0.3 is 19.7 Å². The first-order valence-corrected chi connectivity index (χ1v) is 14.1. The Bertz CT molecular complexity index is 1230. The van der Waals surface area contributed by atoms with Gasteiger partial charge in [0.05, 0.1) is 13.2 Å². The standard InChI is InChI=1S/C35H38O4/c36-21-23-38-33-17-15-29(25-31(33)27-11-5-3-6-12-27)35(19-9-1-2-10-20-35)30-16-18-34(39-24-22-37)32(26-30)28-13-7-4-8-14-28/h3-8,11-18,25-26,36-37H,1-2,9-10,19-24H2. The molecule has 4 aromatic rings. The summed E-state index contributed by atoms with van der Waals surface area (Å²) in [7, 11) is 0. The fraction of sp³-hybridized carbons (Fsp3) is 0.314. The quantitative estimate of drug-likeness (QED) is 0.213. The molecule has 0 atom stereocenters. The molecular weight excluding hydrogens is 484 g/mol. The van der Waals surface area contributed by atoms with Crippen molar-refractivity contribution >= 4 is 0 Å². The van der Waals surface area contributed by atoms with Gasteiger partial charge in [-0.3, -0.25) is 0 Å². The van der Waals surface area contributed by atoms with Gasteiger partial charge in [-0.15, -0.1) is 0 Å². The molecule has 0 spiro atoms. The van der Waals surface area contributed by atoms with E-state index >= 15 is 0 Å². The fourth-order valence-corrected chi connectivity index (χ4v) is 5.98. The molecule has 0 unspecified atom stereocenters. The van der Waals surface area contributed by atoms with Gasteiger partial charge in [0.25, 0.3) is 0 Å². The molecule has 2 N–H and O–H groups in total. The van der Waals surface area contributed by atoms with E-state index in [-0.39, 0.29) is 31.8 Å². The van der Waals surface area contributed by atoms with Crippen molar-refractivity contribution in [3.8, 4) is 33.8 Å². The van der Waals surface area contributed by atoms with Crippen molar-refractivity contribution in [3.63, 3.8) is 0 Å². The Labute approximate surface area is 231 Å². The Morgan fingerprint density at radius 2 is 0.974 bits per heavy atom. The lowest BCUT2D eigenvalue weighted by Gasteiger charge is -2.35. The van der Waals surface area contributed by atoms with Crippen molar-refractivity contribution in [2.24, 2.45) is 0 Å². The van der Waals surface area contributed by atoms with Crippen LogP contribution in [0.4, 0.5) is 0 Å². The molecule has 1 aliphatic rings. The first-order valence-electron chi connectivity index (χ1n) is 14.1. The van der Waals surface area contributed by atoms with E-state index in [4.69, 9.17) is 9.47 Å². The van der Waals surface area contributed by atoms with Crippen molar-refractivity contribution in [3.05, 3.63) is 108 Å². The van der Waals surface area contributed by atoms with E-state index in [9.17, 15) is 10.2 Å². The van der Waals surface area contributed by atoms with Crippen LogP contribution in [-0.2, 0) is 5.41 Å². The summed E-state index contributed by atoms with van der Waals surface area (Å²) >= 11 is 0. The van der Waals surface area contributed by atoms with Crippen molar-refractivity contribution in [2.45, 2.75) is 43.9 Å². The highest BCUT2D eigenvalue weighted by Crippen LogP contribution is 2.48. The van der Waals surface area contributed by atoms with Crippen LogP contribution in [0, 0.1) is 0 Å². The summed E-state index contributed by atoms with van der Waals surface area (Å²) < 4.78 is 12.0. The number of hydrogen-bond donors (Lipinski definition) is 2. The maximum atomic E-state index is 9.42. The van der Waals surface area contributed by atoms with E-state index in [1.165, 1.54) is 36.8 Å². The van der Waals surface area contributed by atoms with Crippen LogP contribution in [0.5, 0.6) is 11.5 Å². The van der Waals surface area contributed by atoms with Gasteiger partial charge in [-0.25, -0.2) is 0 Å². The molecule has 0 heterocycles. The maximum absolute atomic E-state index is 9.42. The van der Waals surface area contributed by atoms with Gasteiger partial charge in [-0.2, -0.15) is 0 Å². The minimum atomic E-state index is -0.144. The van der Waals surface area contributed by atoms with E-state index < -0.39 is 0 Å². The zero-order chi connectivity index (χ0) is 26.9. The minimum Gasteiger partial charge on any atom is -0.491 e. The maximum Gasteiger partial charge on any atom is 0.127 e. The monoisotopic (exact) mass is 522 g/mol. The SMILES string of the molecule is OCCOc1ccc(C2(c3ccc(OCCO)c(-c4ccccc4)c3)CCCCCC2)cc1-c1ccccc1. The van der Waals surface area contributed by atoms with Crippen LogP contribution in [0.15, 0.2) is 97.1 Å². The van der Waals surface area contributed by atoms with Crippen LogP contribution < -0.4 is 9.47 Å². The Kier molecular flexibility index (Phi) is 8.97. The van der Waals surface area contributed by atoms with Crippen LogP contribution in [-0.4, -0.2) is 36.6 Å². The zero-order valence-electron chi connectivity index (χ0n) is 22.5. The third-order valence-corrected chi connectivity index (χ3v) is 7.89. The molecule has 4 heteroatoms. The molecule has 0 radical (unpaired) electrons. The minimum absolute atomic E-state index is 0.0210. The van der Waals surface area contributed by atoms with Gasteiger partial charge in [0.2, 0.25) is 0 Å². The van der Waals surface area contributed by atoms with Gasteiger partial charge in [0, 0.05) is 16.5 Å². The first-order chi connectivity index (χ1) is 19.2. The Hall–Kier alpha value is -3.60. The highest BCUT2D eigenvalue weighted by atomic mass is 16.5. The number of hydrogen-bond acceptors (Lipinski definition) is 4. The summed E-state index contributed by atoms with van der Waals surface area (Å²) in [5, 5.41) is 18.8. The molecule has 1 saturated carbocycles. The Morgan fingerprint density at radius 1 is 0.538 bits per heavy atom. The number of rotatable bonds is 10. The molecule has 4 nitrogen and oxygen atoms in total.